The maximum Gasteiger partial charge on any atom is 0.387 e. The van der Waals surface area contributed by atoms with E-state index in [-0.39, 0.29) is 12.1 Å². The summed E-state index contributed by atoms with van der Waals surface area (Å²) < 4.78 is 75.3. The van der Waals surface area contributed by atoms with Crippen molar-refractivity contribution in [2.45, 2.75) is 17.9 Å². The summed E-state index contributed by atoms with van der Waals surface area (Å²) in [5.41, 5.74) is -2.50. The van der Waals surface area contributed by atoms with E-state index in [2.05, 4.69) is 4.74 Å². The number of nitrogens with zero attached hydrogens (tertiary/aromatic N) is 1. The van der Waals surface area contributed by atoms with Crippen molar-refractivity contribution in [3.63, 3.8) is 0 Å². The van der Waals surface area contributed by atoms with Crippen LogP contribution in [0.15, 0.2) is 17.0 Å². The molecule has 0 spiro atoms. The third-order valence-electron chi connectivity index (χ3n) is 2.00. The first-order valence-corrected chi connectivity index (χ1v) is 6.85. The maximum absolute atomic E-state index is 12.7. The lowest BCUT2D eigenvalue weighted by Gasteiger charge is -2.10. The second-order valence-electron chi connectivity index (χ2n) is 3.23. The summed E-state index contributed by atoms with van der Waals surface area (Å²) in [4.78, 5) is 8.11. The van der Waals surface area contributed by atoms with Gasteiger partial charge in [0.25, 0.3) is 15.5 Å². The van der Waals surface area contributed by atoms with Gasteiger partial charge in [0.2, 0.25) is 5.75 Å². The summed E-state index contributed by atoms with van der Waals surface area (Å²) in [6.07, 6.45) is -3.42. The minimum absolute atomic E-state index is 0.140. The average Bonchev–Trinajstić information content (AvgIpc) is 2.25. The van der Waals surface area contributed by atoms with Crippen LogP contribution in [-0.4, -0.2) is 20.0 Å². The molecule has 0 aliphatic rings. The number of benzene rings is 1. The first kappa shape index (κ1) is 16.4. The number of nitro groups is 1. The molecule has 0 amide bonds. The molecule has 12 heteroatoms. The standard InChI is InChI=1S/C8H4ClF4NO5S/c9-20(17,18)6-2-4(14(15)16)5(19-8(12)13)1-3(6)7(10)11/h1-2,7-8H. The van der Waals surface area contributed by atoms with Gasteiger partial charge in [0.05, 0.1) is 9.82 Å². The Labute approximate surface area is 113 Å². The Morgan fingerprint density at radius 2 is 1.80 bits per heavy atom. The smallest absolute Gasteiger partial charge is 0.387 e. The molecule has 6 nitrogen and oxygen atoms in total. The molecule has 0 unspecified atom stereocenters. The zero-order chi connectivity index (χ0) is 15.7. The van der Waals surface area contributed by atoms with E-state index in [1.807, 2.05) is 0 Å². The molecule has 0 aliphatic heterocycles. The number of nitro benzene ring substituents is 1. The van der Waals surface area contributed by atoms with Crippen LogP contribution >= 0.6 is 10.7 Å². The lowest BCUT2D eigenvalue weighted by molar-refractivity contribution is -0.386. The molecule has 1 aromatic rings. The average molecular weight is 338 g/mol. The molecule has 0 aromatic heterocycles. The van der Waals surface area contributed by atoms with E-state index in [1.165, 1.54) is 0 Å². The third-order valence-corrected chi connectivity index (χ3v) is 3.38. The molecule has 0 N–H and O–H groups in total. The minimum Gasteiger partial charge on any atom is -0.427 e. The van der Waals surface area contributed by atoms with Gasteiger partial charge in [-0.15, -0.1) is 0 Å². The monoisotopic (exact) mass is 337 g/mol. The molecule has 0 bridgehead atoms. The van der Waals surface area contributed by atoms with Gasteiger partial charge in [-0.1, -0.05) is 0 Å². The Bertz CT molecular complexity index is 636. The summed E-state index contributed by atoms with van der Waals surface area (Å²) in [6, 6.07) is 0.283. The van der Waals surface area contributed by atoms with Crippen molar-refractivity contribution in [1.82, 2.24) is 0 Å². The minimum atomic E-state index is -4.74. The number of ether oxygens (including phenoxy) is 1. The van der Waals surface area contributed by atoms with Gasteiger partial charge in [-0.3, -0.25) is 10.1 Å². The topological polar surface area (TPSA) is 86.5 Å². The molecule has 0 fully saturated rings. The van der Waals surface area contributed by atoms with Crippen molar-refractivity contribution in [2.24, 2.45) is 0 Å². The number of hydrogen-bond donors (Lipinski definition) is 0. The highest BCUT2D eigenvalue weighted by atomic mass is 35.7. The van der Waals surface area contributed by atoms with Crippen LogP contribution in [0, 0.1) is 10.1 Å². The van der Waals surface area contributed by atoms with Gasteiger partial charge in [-0.2, -0.15) is 8.78 Å². The molecule has 20 heavy (non-hydrogen) atoms. The number of rotatable bonds is 5. The third kappa shape index (κ3) is 3.70. The van der Waals surface area contributed by atoms with Gasteiger partial charge in [-0.25, -0.2) is 17.2 Å². The van der Waals surface area contributed by atoms with Crippen LogP contribution in [0.25, 0.3) is 0 Å². The molecule has 0 heterocycles. The van der Waals surface area contributed by atoms with Crippen molar-refractivity contribution in [2.75, 3.05) is 0 Å². The largest absolute Gasteiger partial charge is 0.427 e. The Balaban J connectivity index is 3.64. The van der Waals surface area contributed by atoms with E-state index >= 15 is 0 Å². The van der Waals surface area contributed by atoms with E-state index in [4.69, 9.17) is 10.7 Å². The summed E-state index contributed by atoms with van der Waals surface area (Å²) in [5, 5.41) is 10.6. The second kappa shape index (κ2) is 5.79. The lowest BCUT2D eigenvalue weighted by Crippen LogP contribution is -2.08. The fourth-order valence-corrected chi connectivity index (χ4v) is 2.36. The molecule has 0 saturated heterocycles. The molecule has 0 atom stereocenters. The molecular weight excluding hydrogens is 334 g/mol. The van der Waals surface area contributed by atoms with E-state index in [9.17, 15) is 36.1 Å². The summed E-state index contributed by atoms with van der Waals surface area (Å²) in [6.45, 7) is -3.52. The van der Waals surface area contributed by atoms with Crippen LogP contribution in [-0.2, 0) is 9.05 Å². The molecule has 1 rings (SSSR count). The first-order valence-electron chi connectivity index (χ1n) is 4.54. The Morgan fingerprint density at radius 3 is 2.15 bits per heavy atom. The highest BCUT2D eigenvalue weighted by Gasteiger charge is 2.30. The van der Waals surface area contributed by atoms with Gasteiger partial charge in [0, 0.05) is 22.3 Å². The fraction of sp³-hybridized carbons (Fsp3) is 0.250. The lowest BCUT2D eigenvalue weighted by atomic mass is 10.2. The number of alkyl halides is 4. The summed E-state index contributed by atoms with van der Waals surface area (Å²) in [7, 11) is 0.135. The van der Waals surface area contributed by atoms with E-state index in [0.717, 1.165) is 0 Å². The van der Waals surface area contributed by atoms with E-state index in [1.54, 1.807) is 0 Å². The summed E-state index contributed by atoms with van der Waals surface area (Å²) >= 11 is 0. The maximum atomic E-state index is 12.7. The second-order valence-corrected chi connectivity index (χ2v) is 5.77. The van der Waals surface area contributed by atoms with Crippen LogP contribution in [0.5, 0.6) is 5.75 Å². The van der Waals surface area contributed by atoms with Crippen LogP contribution in [0.2, 0.25) is 0 Å². The SMILES string of the molecule is O=[N+]([O-])c1cc(S(=O)(=O)Cl)c(C(F)F)cc1OC(F)F. The van der Waals surface area contributed by atoms with Crippen molar-refractivity contribution in [3.05, 3.63) is 27.8 Å². The van der Waals surface area contributed by atoms with Crippen molar-refractivity contribution in [1.29, 1.82) is 0 Å². The van der Waals surface area contributed by atoms with Gasteiger partial charge >= 0.3 is 12.3 Å². The summed E-state index contributed by atoms with van der Waals surface area (Å²) in [5.74, 6) is -1.19. The predicted molar refractivity (Wildman–Crippen MR) is 57.7 cm³/mol. The molecule has 0 saturated carbocycles. The van der Waals surface area contributed by atoms with Gasteiger partial charge in [-0.05, 0) is 6.07 Å². The molecule has 112 valence electrons. The zero-order valence-electron chi connectivity index (χ0n) is 9.10. The van der Waals surface area contributed by atoms with E-state index < -0.39 is 48.9 Å². The van der Waals surface area contributed by atoms with E-state index in [0.29, 0.717) is 0 Å². The number of halogens is 5. The van der Waals surface area contributed by atoms with Crippen molar-refractivity contribution in [3.8, 4) is 5.75 Å². The van der Waals surface area contributed by atoms with Gasteiger partial charge in [0.1, 0.15) is 0 Å². The van der Waals surface area contributed by atoms with Crippen LogP contribution in [0.1, 0.15) is 12.0 Å². The molecule has 0 aliphatic carbocycles. The highest BCUT2D eigenvalue weighted by Crippen LogP contribution is 2.38. The predicted octanol–water partition coefficient (Wildman–Crippen LogP) is 3.06. The van der Waals surface area contributed by atoms with Crippen molar-refractivity contribution < 1.29 is 35.6 Å². The van der Waals surface area contributed by atoms with Gasteiger partial charge < -0.3 is 4.74 Å². The Hall–Kier alpha value is -1.62. The zero-order valence-corrected chi connectivity index (χ0v) is 10.7. The molecule has 1 aromatic carbocycles. The Kier molecular flexibility index (Phi) is 4.76. The Morgan fingerprint density at radius 1 is 1.25 bits per heavy atom. The molecular formula is C8H4ClF4NO5S. The fourth-order valence-electron chi connectivity index (χ4n) is 1.28. The van der Waals surface area contributed by atoms with Crippen LogP contribution < -0.4 is 4.74 Å². The highest BCUT2D eigenvalue weighted by molar-refractivity contribution is 8.13. The molecule has 0 radical (unpaired) electrons. The van der Waals surface area contributed by atoms with Gasteiger partial charge in [0.15, 0.2) is 0 Å². The van der Waals surface area contributed by atoms with Crippen molar-refractivity contribution >= 4 is 25.4 Å². The quantitative estimate of drug-likeness (QED) is 0.357. The van der Waals surface area contributed by atoms with Crippen LogP contribution in [0.4, 0.5) is 23.2 Å². The first-order chi connectivity index (χ1) is 9.04. The van der Waals surface area contributed by atoms with Crippen LogP contribution in [0.3, 0.4) is 0 Å². The normalized spacial score (nSPS) is 11.9. The number of hydrogen-bond acceptors (Lipinski definition) is 5.